The molecule has 2 aromatic carbocycles. The van der Waals surface area contributed by atoms with Crippen molar-refractivity contribution in [2.75, 3.05) is 0 Å². The van der Waals surface area contributed by atoms with Gasteiger partial charge in [0.1, 0.15) is 16.8 Å². The Morgan fingerprint density at radius 1 is 1.00 bits per heavy atom. The molecule has 0 bridgehead atoms. The molecule has 0 saturated carbocycles. The molecule has 26 heavy (non-hydrogen) atoms. The van der Waals surface area contributed by atoms with Crippen molar-refractivity contribution in [3.63, 3.8) is 0 Å². The van der Waals surface area contributed by atoms with Crippen LogP contribution in [0.4, 0.5) is 0 Å². The van der Waals surface area contributed by atoms with Crippen LogP contribution in [0.3, 0.4) is 0 Å². The lowest BCUT2D eigenvalue weighted by molar-refractivity contribution is -0.132. The van der Waals surface area contributed by atoms with Gasteiger partial charge in [-0.3, -0.25) is 9.59 Å². The topological polar surface area (TPSA) is 67.4 Å². The summed E-state index contributed by atoms with van der Waals surface area (Å²) in [5.41, 5.74) is 0.978. The van der Waals surface area contributed by atoms with E-state index in [1.165, 1.54) is 0 Å². The summed E-state index contributed by atoms with van der Waals surface area (Å²) in [4.78, 5) is 24.4. The predicted octanol–water partition coefficient (Wildman–Crippen LogP) is 3.58. The molecule has 0 radical (unpaired) electrons. The summed E-state index contributed by atoms with van der Waals surface area (Å²) < 4.78 is 5.54. The third-order valence-electron chi connectivity index (χ3n) is 3.65. The molecular formula is C19H20Cl2N2O3. The van der Waals surface area contributed by atoms with Crippen LogP contribution >= 0.6 is 23.2 Å². The molecule has 138 valence electrons. The summed E-state index contributed by atoms with van der Waals surface area (Å²) >= 11 is 12.0. The fraction of sp³-hybridized carbons (Fsp3) is 0.263. The highest BCUT2D eigenvalue weighted by Gasteiger charge is 2.21. The Hall–Kier alpha value is -2.24. The van der Waals surface area contributed by atoms with Crippen molar-refractivity contribution in [2.24, 2.45) is 0 Å². The number of nitrogens with one attached hydrogen (secondary N) is 2. The zero-order valence-electron chi connectivity index (χ0n) is 14.5. The maximum absolute atomic E-state index is 12.2. The Balaban J connectivity index is 1.85. The molecule has 2 atom stereocenters. The summed E-state index contributed by atoms with van der Waals surface area (Å²) in [7, 11) is 0. The van der Waals surface area contributed by atoms with Gasteiger partial charge in [-0.25, -0.2) is 0 Å². The molecule has 0 heterocycles. The van der Waals surface area contributed by atoms with Gasteiger partial charge in [0, 0.05) is 6.54 Å². The van der Waals surface area contributed by atoms with Gasteiger partial charge >= 0.3 is 0 Å². The molecule has 2 N–H and O–H groups in total. The third kappa shape index (κ3) is 5.64. The van der Waals surface area contributed by atoms with E-state index < -0.39 is 18.1 Å². The summed E-state index contributed by atoms with van der Waals surface area (Å²) in [6.45, 7) is 3.57. The van der Waals surface area contributed by atoms with Crippen molar-refractivity contribution < 1.29 is 14.3 Å². The molecule has 0 aliphatic carbocycles. The number of halogens is 2. The van der Waals surface area contributed by atoms with Crippen LogP contribution in [-0.4, -0.2) is 24.0 Å². The Labute approximate surface area is 162 Å². The van der Waals surface area contributed by atoms with Crippen molar-refractivity contribution in [1.82, 2.24) is 10.6 Å². The van der Waals surface area contributed by atoms with E-state index in [1.54, 1.807) is 32.0 Å². The molecule has 7 heteroatoms. The summed E-state index contributed by atoms with van der Waals surface area (Å²) in [6, 6.07) is 13.7. The molecule has 0 fully saturated rings. The fourth-order valence-electron chi connectivity index (χ4n) is 2.15. The van der Waals surface area contributed by atoms with Crippen molar-refractivity contribution in [1.29, 1.82) is 0 Å². The lowest BCUT2D eigenvalue weighted by atomic mass is 10.2. The lowest BCUT2D eigenvalue weighted by Crippen LogP contribution is -2.48. The number of hydrogen-bond acceptors (Lipinski definition) is 3. The third-order valence-corrected chi connectivity index (χ3v) is 4.45. The van der Waals surface area contributed by atoms with Gasteiger partial charge in [-0.15, -0.1) is 0 Å². The number of rotatable bonds is 7. The quantitative estimate of drug-likeness (QED) is 0.753. The maximum Gasteiger partial charge on any atom is 0.261 e. The second-order valence-corrected chi connectivity index (χ2v) is 6.53. The number of hydrogen-bond donors (Lipinski definition) is 2. The predicted molar refractivity (Wildman–Crippen MR) is 102 cm³/mol. The van der Waals surface area contributed by atoms with Gasteiger partial charge in [-0.1, -0.05) is 59.6 Å². The van der Waals surface area contributed by atoms with E-state index in [0.29, 0.717) is 17.3 Å². The number of benzene rings is 2. The second-order valence-electron chi connectivity index (χ2n) is 5.75. The van der Waals surface area contributed by atoms with Crippen molar-refractivity contribution in [2.45, 2.75) is 32.5 Å². The maximum atomic E-state index is 12.2. The van der Waals surface area contributed by atoms with Crippen LogP contribution in [0.2, 0.25) is 10.0 Å². The average Bonchev–Trinajstić information content (AvgIpc) is 2.64. The van der Waals surface area contributed by atoms with Gasteiger partial charge in [0.05, 0.1) is 5.02 Å². The van der Waals surface area contributed by atoms with Crippen LogP contribution in [0, 0.1) is 0 Å². The van der Waals surface area contributed by atoms with Gasteiger partial charge in [0.15, 0.2) is 6.10 Å². The molecule has 2 rings (SSSR count). The van der Waals surface area contributed by atoms with E-state index in [4.69, 9.17) is 27.9 Å². The molecule has 2 unspecified atom stereocenters. The Kier molecular flexibility index (Phi) is 7.30. The molecule has 0 aliphatic heterocycles. The normalized spacial score (nSPS) is 12.8. The first-order valence-electron chi connectivity index (χ1n) is 8.11. The van der Waals surface area contributed by atoms with Crippen LogP contribution in [-0.2, 0) is 16.1 Å². The highest BCUT2D eigenvalue weighted by Crippen LogP contribution is 2.32. The van der Waals surface area contributed by atoms with E-state index in [2.05, 4.69) is 10.6 Å². The van der Waals surface area contributed by atoms with E-state index in [-0.39, 0.29) is 10.9 Å². The Bertz CT molecular complexity index is 769. The summed E-state index contributed by atoms with van der Waals surface area (Å²) in [5, 5.41) is 5.97. The molecule has 5 nitrogen and oxygen atoms in total. The first kappa shape index (κ1) is 20.1. The van der Waals surface area contributed by atoms with Crippen molar-refractivity contribution in [3.05, 3.63) is 64.1 Å². The molecule has 0 aliphatic rings. The molecule has 0 saturated heterocycles. The fourth-order valence-corrected chi connectivity index (χ4v) is 2.49. The van der Waals surface area contributed by atoms with Gasteiger partial charge in [-0.2, -0.15) is 0 Å². The second kappa shape index (κ2) is 9.46. The molecule has 0 spiro atoms. The molecule has 0 aromatic heterocycles. The largest absolute Gasteiger partial charge is 0.479 e. The summed E-state index contributed by atoms with van der Waals surface area (Å²) in [6.07, 6.45) is -0.838. The van der Waals surface area contributed by atoms with E-state index >= 15 is 0 Å². The van der Waals surface area contributed by atoms with Crippen LogP contribution in [0.25, 0.3) is 0 Å². The van der Waals surface area contributed by atoms with Gasteiger partial charge in [0.25, 0.3) is 5.91 Å². The van der Waals surface area contributed by atoms with E-state index in [0.717, 1.165) is 5.56 Å². The first-order valence-corrected chi connectivity index (χ1v) is 8.86. The van der Waals surface area contributed by atoms with Crippen molar-refractivity contribution >= 4 is 35.0 Å². The van der Waals surface area contributed by atoms with Crippen LogP contribution in [0.15, 0.2) is 48.5 Å². The molecule has 2 aromatic rings. The SMILES string of the molecule is CC(NC(=O)C(C)Oc1cccc(Cl)c1Cl)C(=O)NCc1ccccc1. The minimum Gasteiger partial charge on any atom is -0.479 e. The van der Waals surface area contributed by atoms with Crippen molar-refractivity contribution in [3.8, 4) is 5.75 Å². The highest BCUT2D eigenvalue weighted by molar-refractivity contribution is 6.42. The smallest absolute Gasteiger partial charge is 0.261 e. The number of ether oxygens (including phenoxy) is 1. The Morgan fingerprint density at radius 2 is 1.69 bits per heavy atom. The van der Waals surface area contributed by atoms with Gasteiger partial charge < -0.3 is 15.4 Å². The minimum absolute atomic E-state index is 0.238. The molecule has 2 amide bonds. The zero-order valence-corrected chi connectivity index (χ0v) is 16.0. The monoisotopic (exact) mass is 394 g/mol. The van der Waals surface area contributed by atoms with Crippen LogP contribution in [0.5, 0.6) is 5.75 Å². The number of amides is 2. The van der Waals surface area contributed by atoms with E-state index in [1.807, 2.05) is 30.3 Å². The summed E-state index contributed by atoms with van der Waals surface area (Å²) in [5.74, 6) is -0.401. The number of carbonyl (C=O) groups excluding carboxylic acids is 2. The van der Waals surface area contributed by atoms with E-state index in [9.17, 15) is 9.59 Å². The number of carbonyl (C=O) groups is 2. The van der Waals surface area contributed by atoms with Gasteiger partial charge in [0.2, 0.25) is 5.91 Å². The van der Waals surface area contributed by atoms with Crippen LogP contribution < -0.4 is 15.4 Å². The Morgan fingerprint density at radius 3 is 2.38 bits per heavy atom. The highest BCUT2D eigenvalue weighted by atomic mass is 35.5. The minimum atomic E-state index is -0.838. The van der Waals surface area contributed by atoms with Crippen LogP contribution in [0.1, 0.15) is 19.4 Å². The zero-order chi connectivity index (χ0) is 19.1. The van der Waals surface area contributed by atoms with Gasteiger partial charge in [-0.05, 0) is 31.5 Å². The average molecular weight is 395 g/mol. The lowest BCUT2D eigenvalue weighted by Gasteiger charge is -2.19. The first-order chi connectivity index (χ1) is 12.4. The molecular weight excluding hydrogens is 375 g/mol. The standard InChI is InChI=1S/C19H20Cl2N2O3/c1-12(18(24)22-11-14-7-4-3-5-8-14)23-19(25)13(2)26-16-10-6-9-15(20)17(16)21/h3-10,12-13H,11H2,1-2H3,(H,22,24)(H,23,25).